The fourth-order valence-electron chi connectivity index (χ4n) is 2.74. The molecule has 0 aliphatic rings. The Kier molecular flexibility index (Phi) is 6.77. The van der Waals surface area contributed by atoms with E-state index < -0.39 is 0 Å². The molecule has 0 radical (unpaired) electrons. The normalized spacial score (nSPS) is 10.1. The monoisotopic (exact) mass is 419 g/mol. The summed E-state index contributed by atoms with van der Waals surface area (Å²) < 4.78 is 5.08. The predicted octanol–water partition coefficient (Wildman–Crippen LogP) is 4.10. The fourth-order valence-corrected chi connectivity index (χ4v) is 2.95. The molecule has 2 amide bonds. The first-order chi connectivity index (χ1) is 14.5. The average molecular weight is 420 g/mol. The summed E-state index contributed by atoms with van der Waals surface area (Å²) in [6.45, 7) is 0. The maximum absolute atomic E-state index is 12.6. The Bertz CT molecular complexity index is 1040. The van der Waals surface area contributed by atoms with Crippen LogP contribution in [0, 0.1) is 0 Å². The quantitative estimate of drug-likeness (QED) is 0.610. The minimum atomic E-state index is -0.327. The zero-order valence-electron chi connectivity index (χ0n) is 16.6. The van der Waals surface area contributed by atoms with Crippen LogP contribution in [-0.2, 0) is 0 Å². The number of benzene rings is 3. The van der Waals surface area contributed by atoms with Crippen molar-refractivity contribution in [2.75, 3.05) is 24.4 Å². The zero-order valence-corrected chi connectivity index (χ0v) is 17.4. The molecule has 0 aromatic heterocycles. The van der Waals surface area contributed by atoms with Gasteiger partial charge in [0.25, 0.3) is 11.8 Å². The van der Waals surface area contributed by atoms with E-state index in [1.165, 1.54) is 0 Å². The lowest BCUT2D eigenvalue weighted by molar-refractivity contribution is 0.0974. The smallest absolute Gasteiger partial charge is 0.258 e. The Morgan fingerprint density at radius 3 is 2.07 bits per heavy atom. The molecule has 0 bridgehead atoms. The Morgan fingerprint density at radius 2 is 1.47 bits per heavy atom. The minimum Gasteiger partial charge on any atom is -0.497 e. The van der Waals surface area contributed by atoms with Gasteiger partial charge < -0.3 is 15.0 Å². The van der Waals surface area contributed by atoms with E-state index in [1.807, 2.05) is 30.3 Å². The van der Waals surface area contributed by atoms with E-state index in [4.69, 9.17) is 17.0 Å². The SMILES string of the molecule is COc1ccc(C(=O)NC(=S)Nc2ccc(C(=O)N(C)c3ccccc3)cc2)cc1. The fraction of sp³-hybridized carbons (Fsp3) is 0.0870. The number of nitrogens with zero attached hydrogens (tertiary/aromatic N) is 1. The second kappa shape index (κ2) is 9.67. The highest BCUT2D eigenvalue weighted by molar-refractivity contribution is 7.80. The van der Waals surface area contributed by atoms with Crippen LogP contribution in [0.1, 0.15) is 20.7 Å². The van der Waals surface area contributed by atoms with Crippen molar-refractivity contribution in [3.05, 3.63) is 90.0 Å². The number of ether oxygens (including phenoxy) is 1. The van der Waals surface area contributed by atoms with Gasteiger partial charge in [0.15, 0.2) is 5.11 Å². The molecule has 30 heavy (non-hydrogen) atoms. The van der Waals surface area contributed by atoms with Crippen molar-refractivity contribution >= 4 is 40.5 Å². The van der Waals surface area contributed by atoms with Gasteiger partial charge in [-0.05, 0) is 72.9 Å². The molecule has 0 spiro atoms. The van der Waals surface area contributed by atoms with Gasteiger partial charge in [-0.1, -0.05) is 18.2 Å². The number of carbonyl (C=O) groups is 2. The van der Waals surface area contributed by atoms with Gasteiger partial charge in [0.05, 0.1) is 7.11 Å². The van der Waals surface area contributed by atoms with Crippen LogP contribution in [0.15, 0.2) is 78.9 Å². The van der Waals surface area contributed by atoms with Crippen LogP contribution in [0.4, 0.5) is 11.4 Å². The Hall–Kier alpha value is -3.71. The lowest BCUT2D eigenvalue weighted by Gasteiger charge is -2.17. The molecule has 0 atom stereocenters. The van der Waals surface area contributed by atoms with Gasteiger partial charge in [0.2, 0.25) is 0 Å². The van der Waals surface area contributed by atoms with E-state index >= 15 is 0 Å². The number of anilines is 2. The molecule has 0 fully saturated rings. The molecule has 3 aromatic rings. The van der Waals surface area contributed by atoms with Gasteiger partial charge in [-0.25, -0.2) is 0 Å². The largest absolute Gasteiger partial charge is 0.497 e. The predicted molar refractivity (Wildman–Crippen MR) is 122 cm³/mol. The molecule has 0 saturated heterocycles. The number of carbonyl (C=O) groups excluding carboxylic acids is 2. The minimum absolute atomic E-state index is 0.122. The van der Waals surface area contributed by atoms with Gasteiger partial charge in [0.1, 0.15) is 5.75 Å². The highest BCUT2D eigenvalue weighted by Gasteiger charge is 2.13. The number of para-hydroxylation sites is 1. The van der Waals surface area contributed by atoms with Crippen LogP contribution in [0.2, 0.25) is 0 Å². The van der Waals surface area contributed by atoms with Crippen LogP contribution in [0.5, 0.6) is 5.75 Å². The molecule has 152 valence electrons. The third-order valence-corrected chi connectivity index (χ3v) is 4.62. The number of nitrogens with one attached hydrogen (secondary N) is 2. The third kappa shape index (κ3) is 5.21. The molecule has 3 rings (SSSR count). The molecular formula is C23H21N3O3S. The highest BCUT2D eigenvalue weighted by atomic mass is 32.1. The van der Waals surface area contributed by atoms with E-state index in [1.54, 1.807) is 67.6 Å². The Balaban J connectivity index is 1.58. The van der Waals surface area contributed by atoms with Crippen molar-refractivity contribution in [1.82, 2.24) is 5.32 Å². The zero-order chi connectivity index (χ0) is 21.5. The molecule has 3 aromatic carbocycles. The van der Waals surface area contributed by atoms with Crippen LogP contribution >= 0.6 is 12.2 Å². The number of amides is 2. The highest BCUT2D eigenvalue weighted by Crippen LogP contribution is 2.17. The number of thiocarbonyl (C=S) groups is 1. The number of hydrogen-bond acceptors (Lipinski definition) is 4. The van der Waals surface area contributed by atoms with E-state index in [-0.39, 0.29) is 16.9 Å². The molecular weight excluding hydrogens is 398 g/mol. The lowest BCUT2D eigenvalue weighted by Crippen LogP contribution is -2.34. The maximum Gasteiger partial charge on any atom is 0.258 e. The summed E-state index contributed by atoms with van der Waals surface area (Å²) in [6.07, 6.45) is 0. The van der Waals surface area contributed by atoms with Crippen LogP contribution in [0.3, 0.4) is 0 Å². The summed E-state index contributed by atoms with van der Waals surface area (Å²) in [4.78, 5) is 26.5. The van der Waals surface area contributed by atoms with Gasteiger partial charge in [0, 0.05) is 29.5 Å². The molecule has 0 aliphatic carbocycles. The number of methoxy groups -OCH3 is 1. The topological polar surface area (TPSA) is 70.7 Å². The third-order valence-electron chi connectivity index (χ3n) is 4.42. The summed E-state index contributed by atoms with van der Waals surface area (Å²) in [6, 6.07) is 23.0. The van der Waals surface area contributed by atoms with E-state index in [9.17, 15) is 9.59 Å². The molecule has 0 aliphatic heterocycles. The second-order valence-corrected chi connectivity index (χ2v) is 6.82. The van der Waals surface area contributed by atoms with Crippen molar-refractivity contribution in [2.45, 2.75) is 0 Å². The van der Waals surface area contributed by atoms with Crippen molar-refractivity contribution in [2.24, 2.45) is 0 Å². The van der Waals surface area contributed by atoms with E-state index in [0.717, 1.165) is 5.69 Å². The second-order valence-electron chi connectivity index (χ2n) is 6.41. The molecule has 2 N–H and O–H groups in total. The van der Waals surface area contributed by atoms with Gasteiger partial charge in [-0.3, -0.25) is 14.9 Å². The summed E-state index contributed by atoms with van der Waals surface area (Å²) in [5, 5.41) is 5.73. The Morgan fingerprint density at radius 1 is 0.867 bits per heavy atom. The first-order valence-corrected chi connectivity index (χ1v) is 9.58. The van der Waals surface area contributed by atoms with Gasteiger partial charge in [-0.15, -0.1) is 0 Å². The Labute approximate surface area is 180 Å². The molecule has 0 heterocycles. The number of rotatable bonds is 5. The van der Waals surface area contributed by atoms with Crippen molar-refractivity contribution in [3.8, 4) is 5.75 Å². The average Bonchev–Trinajstić information content (AvgIpc) is 2.79. The molecule has 0 unspecified atom stereocenters. The molecule has 6 nitrogen and oxygen atoms in total. The van der Waals surface area contributed by atoms with Gasteiger partial charge >= 0.3 is 0 Å². The first-order valence-electron chi connectivity index (χ1n) is 9.17. The summed E-state index contributed by atoms with van der Waals surface area (Å²) >= 11 is 5.21. The summed E-state index contributed by atoms with van der Waals surface area (Å²) in [7, 11) is 3.29. The maximum atomic E-state index is 12.6. The van der Waals surface area contributed by atoms with Crippen LogP contribution < -0.4 is 20.3 Å². The van der Waals surface area contributed by atoms with Gasteiger partial charge in [-0.2, -0.15) is 0 Å². The van der Waals surface area contributed by atoms with Crippen LogP contribution in [-0.4, -0.2) is 31.1 Å². The summed E-state index contributed by atoms with van der Waals surface area (Å²) in [5.74, 6) is 0.217. The molecule has 7 heteroatoms. The lowest BCUT2D eigenvalue weighted by atomic mass is 10.1. The van der Waals surface area contributed by atoms with Crippen molar-refractivity contribution in [3.63, 3.8) is 0 Å². The number of hydrogen-bond donors (Lipinski definition) is 2. The summed E-state index contributed by atoms with van der Waals surface area (Å²) in [5.41, 5.74) is 2.48. The molecule has 0 saturated carbocycles. The van der Waals surface area contributed by atoms with Crippen molar-refractivity contribution < 1.29 is 14.3 Å². The first kappa shape index (κ1) is 21.0. The van der Waals surface area contributed by atoms with E-state index in [2.05, 4.69) is 10.6 Å². The standard InChI is InChI=1S/C23H21N3O3S/c1-26(19-6-4-3-5-7-19)22(28)17-8-12-18(13-9-17)24-23(30)25-21(27)16-10-14-20(29-2)15-11-16/h3-15H,1-2H3,(H2,24,25,27,30). The van der Waals surface area contributed by atoms with Crippen molar-refractivity contribution in [1.29, 1.82) is 0 Å². The van der Waals surface area contributed by atoms with E-state index in [0.29, 0.717) is 22.6 Å². The van der Waals surface area contributed by atoms with Crippen LogP contribution in [0.25, 0.3) is 0 Å².